The second-order valence-electron chi connectivity index (χ2n) is 6.03. The highest BCUT2D eigenvalue weighted by Gasteiger charge is 2.30. The molecular weight excluding hydrogens is 401 g/mol. The van der Waals surface area contributed by atoms with Crippen LogP contribution in [0.2, 0.25) is 0 Å². The van der Waals surface area contributed by atoms with E-state index in [1.807, 2.05) is 23.6 Å². The molecule has 0 saturated heterocycles. The maximum absolute atomic E-state index is 12.8. The Morgan fingerprint density at radius 2 is 1.72 bits per heavy atom. The van der Waals surface area contributed by atoms with E-state index in [1.54, 1.807) is 12.1 Å². The van der Waals surface area contributed by atoms with E-state index < -0.39 is 11.7 Å². The highest BCUT2D eigenvalue weighted by Crippen LogP contribution is 2.42. The number of alkyl halides is 3. The number of carbonyl (C=O) groups is 1. The van der Waals surface area contributed by atoms with Crippen molar-refractivity contribution in [2.75, 3.05) is 14.2 Å². The Kier molecular flexibility index (Phi) is 6.08. The molecule has 1 aromatic heterocycles. The molecule has 2 aromatic carbocycles. The Morgan fingerprint density at radius 3 is 2.24 bits per heavy atom. The van der Waals surface area contributed by atoms with Crippen molar-refractivity contribution in [2.45, 2.75) is 6.18 Å². The van der Waals surface area contributed by atoms with Crippen molar-refractivity contribution in [3.05, 3.63) is 70.6 Å². The van der Waals surface area contributed by atoms with Crippen LogP contribution in [0.5, 0.6) is 11.5 Å². The highest BCUT2D eigenvalue weighted by molar-refractivity contribution is 7.13. The first kappa shape index (κ1) is 20.7. The molecule has 3 rings (SSSR count). The van der Waals surface area contributed by atoms with E-state index in [9.17, 15) is 18.0 Å². The molecule has 0 unspecified atom stereocenters. The molecule has 0 fully saturated rings. The number of thiophene rings is 1. The van der Waals surface area contributed by atoms with Gasteiger partial charge in [-0.2, -0.15) is 13.2 Å². The first-order valence-corrected chi connectivity index (χ1v) is 9.40. The third-order valence-corrected chi connectivity index (χ3v) is 5.24. The van der Waals surface area contributed by atoms with Gasteiger partial charge in [0.15, 0.2) is 6.29 Å². The van der Waals surface area contributed by atoms with Crippen molar-refractivity contribution in [3.8, 4) is 21.9 Å². The van der Waals surface area contributed by atoms with Crippen LogP contribution in [0.15, 0.2) is 53.9 Å². The van der Waals surface area contributed by atoms with Crippen LogP contribution in [0.1, 0.15) is 16.7 Å². The van der Waals surface area contributed by atoms with E-state index in [0.717, 1.165) is 22.6 Å². The molecule has 29 heavy (non-hydrogen) atoms. The lowest BCUT2D eigenvalue weighted by molar-refractivity contribution is -0.137. The SMILES string of the molecule is COc1ccc(-c2cccs2)c(OC)c1/C=C(\C=O)c1ccc(C(F)(F)F)cc1. The highest BCUT2D eigenvalue weighted by atomic mass is 32.1. The molecule has 7 heteroatoms. The number of carbonyl (C=O) groups excluding carboxylic acids is 1. The zero-order valence-corrected chi connectivity index (χ0v) is 16.4. The molecule has 0 aliphatic rings. The predicted molar refractivity (Wildman–Crippen MR) is 108 cm³/mol. The molecule has 150 valence electrons. The van der Waals surface area contributed by atoms with Gasteiger partial charge < -0.3 is 9.47 Å². The van der Waals surface area contributed by atoms with Crippen LogP contribution in [0.25, 0.3) is 22.1 Å². The summed E-state index contributed by atoms with van der Waals surface area (Å²) in [6, 6.07) is 11.9. The Bertz CT molecular complexity index is 1020. The minimum atomic E-state index is -4.44. The van der Waals surface area contributed by atoms with Gasteiger partial charge >= 0.3 is 6.18 Å². The summed E-state index contributed by atoms with van der Waals surface area (Å²) in [4.78, 5) is 12.7. The summed E-state index contributed by atoms with van der Waals surface area (Å²) < 4.78 is 49.5. The fraction of sp³-hybridized carbons (Fsp3) is 0.136. The van der Waals surface area contributed by atoms with Crippen LogP contribution in [-0.2, 0) is 11.0 Å². The monoisotopic (exact) mass is 418 g/mol. The number of halogens is 3. The van der Waals surface area contributed by atoms with Crippen molar-refractivity contribution in [1.29, 1.82) is 0 Å². The number of rotatable bonds is 6. The zero-order valence-electron chi connectivity index (χ0n) is 15.6. The minimum absolute atomic E-state index is 0.207. The van der Waals surface area contributed by atoms with Gasteiger partial charge in [-0.1, -0.05) is 18.2 Å². The second-order valence-corrected chi connectivity index (χ2v) is 6.98. The first-order valence-electron chi connectivity index (χ1n) is 8.52. The van der Waals surface area contributed by atoms with Crippen LogP contribution in [0.4, 0.5) is 13.2 Å². The minimum Gasteiger partial charge on any atom is -0.496 e. The predicted octanol–water partition coefficient (Wildman–Crippen LogP) is 6.19. The van der Waals surface area contributed by atoms with E-state index in [4.69, 9.17) is 9.47 Å². The Hall–Kier alpha value is -3.06. The third-order valence-electron chi connectivity index (χ3n) is 4.34. The van der Waals surface area contributed by atoms with Crippen LogP contribution >= 0.6 is 11.3 Å². The van der Waals surface area contributed by atoms with Gasteiger partial charge in [0.05, 0.1) is 25.3 Å². The number of ether oxygens (including phenoxy) is 2. The molecule has 0 aliphatic heterocycles. The van der Waals surface area contributed by atoms with Gasteiger partial charge in [0, 0.05) is 16.0 Å². The van der Waals surface area contributed by atoms with Gasteiger partial charge in [0.2, 0.25) is 0 Å². The molecule has 0 spiro atoms. The van der Waals surface area contributed by atoms with E-state index in [-0.39, 0.29) is 5.57 Å². The van der Waals surface area contributed by atoms with Crippen LogP contribution in [-0.4, -0.2) is 20.5 Å². The Morgan fingerprint density at radius 1 is 1.00 bits per heavy atom. The average Bonchev–Trinajstić information content (AvgIpc) is 3.25. The van der Waals surface area contributed by atoms with Crippen molar-refractivity contribution in [3.63, 3.8) is 0 Å². The summed E-state index contributed by atoms with van der Waals surface area (Å²) in [5.74, 6) is 0.992. The fourth-order valence-corrected chi connectivity index (χ4v) is 3.68. The lowest BCUT2D eigenvalue weighted by Crippen LogP contribution is -2.04. The number of hydrogen-bond donors (Lipinski definition) is 0. The van der Waals surface area contributed by atoms with Gasteiger partial charge in [-0.05, 0) is 47.4 Å². The third kappa shape index (κ3) is 4.35. The lowest BCUT2D eigenvalue weighted by Gasteiger charge is -2.15. The van der Waals surface area contributed by atoms with Crippen LogP contribution in [0.3, 0.4) is 0 Å². The number of benzene rings is 2. The Balaban J connectivity index is 2.13. The molecule has 0 atom stereocenters. The number of aldehydes is 1. The van der Waals surface area contributed by atoms with E-state index >= 15 is 0 Å². The first-order chi connectivity index (χ1) is 13.9. The molecule has 3 aromatic rings. The summed E-state index contributed by atoms with van der Waals surface area (Å²) in [6.45, 7) is 0. The number of allylic oxidation sites excluding steroid dienone is 1. The summed E-state index contributed by atoms with van der Waals surface area (Å²) in [5.41, 5.74) is 1.15. The van der Waals surface area contributed by atoms with Crippen molar-refractivity contribution >= 4 is 29.3 Å². The largest absolute Gasteiger partial charge is 0.496 e. The number of hydrogen-bond acceptors (Lipinski definition) is 4. The molecule has 0 bridgehead atoms. The van der Waals surface area contributed by atoms with Crippen molar-refractivity contribution in [2.24, 2.45) is 0 Å². The molecule has 0 saturated carbocycles. The molecule has 1 heterocycles. The maximum atomic E-state index is 12.8. The summed E-state index contributed by atoms with van der Waals surface area (Å²) >= 11 is 1.54. The molecule has 3 nitrogen and oxygen atoms in total. The quantitative estimate of drug-likeness (QED) is 0.272. The van der Waals surface area contributed by atoms with Gasteiger partial charge in [-0.25, -0.2) is 0 Å². The molecule has 0 radical (unpaired) electrons. The maximum Gasteiger partial charge on any atom is 0.416 e. The summed E-state index contributed by atoms with van der Waals surface area (Å²) in [5, 5.41) is 1.94. The van der Waals surface area contributed by atoms with Gasteiger partial charge in [-0.3, -0.25) is 4.79 Å². The van der Waals surface area contributed by atoms with E-state index in [1.165, 1.54) is 37.7 Å². The summed E-state index contributed by atoms with van der Waals surface area (Å²) in [7, 11) is 3.01. The van der Waals surface area contributed by atoms with Crippen molar-refractivity contribution in [1.82, 2.24) is 0 Å². The Labute approximate surface area is 170 Å². The molecular formula is C22H17F3O3S. The summed E-state index contributed by atoms with van der Waals surface area (Å²) in [6.07, 6.45) is -2.28. The fourth-order valence-electron chi connectivity index (χ4n) is 2.93. The topological polar surface area (TPSA) is 35.5 Å². The molecule has 0 N–H and O–H groups in total. The normalized spacial score (nSPS) is 12.0. The standard InChI is InChI=1S/C22H17F3O3S/c1-27-19-10-9-17(20-4-3-11-29-20)21(28-2)18(19)12-15(13-26)14-5-7-16(8-6-14)22(23,24)25/h3-13H,1-2H3/b15-12+. The zero-order chi connectivity index (χ0) is 21.0. The molecule has 0 aliphatic carbocycles. The van der Waals surface area contributed by atoms with Crippen LogP contribution < -0.4 is 9.47 Å². The van der Waals surface area contributed by atoms with Gasteiger partial charge in [0.1, 0.15) is 11.5 Å². The van der Waals surface area contributed by atoms with Crippen LogP contribution in [0, 0.1) is 0 Å². The van der Waals surface area contributed by atoms with Gasteiger partial charge in [-0.15, -0.1) is 11.3 Å². The van der Waals surface area contributed by atoms with E-state index in [2.05, 4.69) is 0 Å². The average molecular weight is 418 g/mol. The second kappa shape index (κ2) is 8.53. The lowest BCUT2D eigenvalue weighted by atomic mass is 9.99. The number of methoxy groups -OCH3 is 2. The van der Waals surface area contributed by atoms with E-state index in [0.29, 0.717) is 28.9 Å². The molecule has 0 amide bonds. The smallest absolute Gasteiger partial charge is 0.416 e. The van der Waals surface area contributed by atoms with Crippen molar-refractivity contribution < 1.29 is 27.4 Å². The van der Waals surface area contributed by atoms with Gasteiger partial charge in [0.25, 0.3) is 0 Å².